The van der Waals surface area contributed by atoms with Gasteiger partial charge in [-0.1, -0.05) is 6.92 Å². The van der Waals surface area contributed by atoms with Crippen LogP contribution in [-0.2, 0) is 6.54 Å². The maximum atomic E-state index is 4.34. The highest BCUT2D eigenvalue weighted by atomic mass is 32.1. The van der Waals surface area contributed by atoms with Gasteiger partial charge in [-0.15, -0.1) is 11.3 Å². The molecule has 0 spiro atoms. The number of hydrogen-bond donors (Lipinski definition) is 1. The van der Waals surface area contributed by atoms with Crippen molar-refractivity contribution in [3.63, 3.8) is 0 Å². The van der Waals surface area contributed by atoms with Gasteiger partial charge in [-0.2, -0.15) is 5.10 Å². The van der Waals surface area contributed by atoms with Crippen LogP contribution in [0.25, 0.3) is 0 Å². The molecule has 0 saturated carbocycles. The molecule has 0 fully saturated rings. The fourth-order valence-electron chi connectivity index (χ4n) is 1.60. The zero-order valence-corrected chi connectivity index (χ0v) is 10.2. The number of rotatable bonds is 6. The van der Waals surface area contributed by atoms with Crippen LogP contribution in [0.1, 0.15) is 24.4 Å². The summed E-state index contributed by atoms with van der Waals surface area (Å²) in [7, 11) is 0. The normalized spacial score (nSPS) is 12.8. The lowest BCUT2D eigenvalue weighted by Crippen LogP contribution is -2.25. The van der Waals surface area contributed by atoms with Crippen molar-refractivity contribution >= 4 is 11.3 Å². The lowest BCUT2D eigenvalue weighted by atomic mass is 10.2. The van der Waals surface area contributed by atoms with Gasteiger partial charge in [-0.3, -0.25) is 4.68 Å². The topological polar surface area (TPSA) is 42.7 Å². The van der Waals surface area contributed by atoms with Gasteiger partial charge in [-0.05, 0) is 12.5 Å². The zero-order valence-electron chi connectivity index (χ0n) is 9.34. The highest BCUT2D eigenvalue weighted by Gasteiger charge is 2.10. The molecule has 0 aliphatic rings. The molecule has 0 saturated heterocycles. The van der Waals surface area contributed by atoms with E-state index in [1.807, 2.05) is 28.5 Å². The largest absolute Gasteiger partial charge is 0.306 e. The molecule has 0 aliphatic carbocycles. The van der Waals surface area contributed by atoms with E-state index in [9.17, 15) is 0 Å². The molecule has 0 aliphatic heterocycles. The van der Waals surface area contributed by atoms with Gasteiger partial charge in [0.25, 0.3) is 0 Å². The van der Waals surface area contributed by atoms with Gasteiger partial charge >= 0.3 is 0 Å². The predicted molar refractivity (Wildman–Crippen MR) is 65.4 cm³/mol. The number of aromatic nitrogens is 3. The standard InChI is InChI=1S/C11H16N4S/c1-2-10(11-13-6-9-16-11)12-5-8-15-7-3-4-14-15/h3-4,6-7,9-10,12H,2,5,8H2,1H3. The molecule has 86 valence electrons. The van der Waals surface area contributed by atoms with Gasteiger partial charge < -0.3 is 5.32 Å². The summed E-state index contributed by atoms with van der Waals surface area (Å²) < 4.78 is 1.93. The third kappa shape index (κ3) is 2.90. The number of hydrogen-bond acceptors (Lipinski definition) is 4. The maximum Gasteiger partial charge on any atom is 0.109 e. The average molecular weight is 236 g/mol. The van der Waals surface area contributed by atoms with E-state index in [-0.39, 0.29) is 0 Å². The van der Waals surface area contributed by atoms with E-state index in [4.69, 9.17) is 0 Å². The molecule has 2 aromatic rings. The smallest absolute Gasteiger partial charge is 0.109 e. The molecule has 1 unspecified atom stereocenters. The van der Waals surface area contributed by atoms with Crippen LogP contribution in [-0.4, -0.2) is 21.3 Å². The molecule has 5 heteroatoms. The van der Waals surface area contributed by atoms with Crippen molar-refractivity contribution in [1.29, 1.82) is 0 Å². The summed E-state index contributed by atoms with van der Waals surface area (Å²) in [6, 6.07) is 2.31. The third-order valence-corrected chi connectivity index (χ3v) is 3.34. The Bertz CT molecular complexity index is 382. The van der Waals surface area contributed by atoms with Crippen molar-refractivity contribution in [1.82, 2.24) is 20.1 Å². The molecule has 2 rings (SSSR count). The summed E-state index contributed by atoms with van der Waals surface area (Å²) in [6.07, 6.45) is 6.70. The molecular weight excluding hydrogens is 220 g/mol. The van der Waals surface area contributed by atoms with Crippen LogP contribution >= 0.6 is 11.3 Å². The molecule has 0 aromatic carbocycles. The Hall–Kier alpha value is -1.20. The summed E-state index contributed by atoms with van der Waals surface area (Å²) in [6.45, 7) is 3.99. The maximum absolute atomic E-state index is 4.34. The highest BCUT2D eigenvalue weighted by Crippen LogP contribution is 2.18. The summed E-state index contributed by atoms with van der Waals surface area (Å²) in [5.41, 5.74) is 0. The summed E-state index contributed by atoms with van der Waals surface area (Å²) in [5, 5.41) is 10.9. The SMILES string of the molecule is CCC(NCCn1cccn1)c1nccs1. The van der Waals surface area contributed by atoms with Crippen LogP contribution < -0.4 is 5.32 Å². The molecule has 1 atom stereocenters. The fraction of sp³-hybridized carbons (Fsp3) is 0.455. The number of nitrogens with zero attached hydrogens (tertiary/aromatic N) is 3. The van der Waals surface area contributed by atoms with Crippen LogP contribution in [0, 0.1) is 0 Å². The Morgan fingerprint density at radius 2 is 2.44 bits per heavy atom. The van der Waals surface area contributed by atoms with Gasteiger partial charge in [-0.25, -0.2) is 4.98 Å². The van der Waals surface area contributed by atoms with Gasteiger partial charge in [0.2, 0.25) is 0 Å². The molecule has 0 amide bonds. The zero-order chi connectivity index (χ0) is 11.2. The van der Waals surface area contributed by atoms with Crippen molar-refractivity contribution in [3.05, 3.63) is 35.0 Å². The predicted octanol–water partition coefficient (Wildman–Crippen LogP) is 2.08. The molecule has 1 N–H and O–H groups in total. The van der Waals surface area contributed by atoms with Crippen molar-refractivity contribution in [2.75, 3.05) is 6.54 Å². The van der Waals surface area contributed by atoms with Gasteiger partial charge in [0.05, 0.1) is 12.6 Å². The van der Waals surface area contributed by atoms with E-state index in [0.29, 0.717) is 6.04 Å². The van der Waals surface area contributed by atoms with Crippen LogP contribution in [0.2, 0.25) is 0 Å². The van der Waals surface area contributed by atoms with Crippen LogP contribution in [0.5, 0.6) is 0 Å². The van der Waals surface area contributed by atoms with Gasteiger partial charge in [0.1, 0.15) is 5.01 Å². The third-order valence-electron chi connectivity index (χ3n) is 2.45. The molecule has 0 bridgehead atoms. The van der Waals surface area contributed by atoms with E-state index in [1.165, 1.54) is 5.01 Å². The minimum atomic E-state index is 0.371. The highest BCUT2D eigenvalue weighted by molar-refractivity contribution is 7.09. The summed E-state index contributed by atoms with van der Waals surface area (Å²) in [5.74, 6) is 0. The first-order valence-electron chi connectivity index (χ1n) is 5.50. The first kappa shape index (κ1) is 11.3. The second kappa shape index (κ2) is 5.77. The minimum absolute atomic E-state index is 0.371. The first-order chi connectivity index (χ1) is 7.90. The minimum Gasteiger partial charge on any atom is -0.306 e. The molecule has 0 radical (unpaired) electrons. The summed E-state index contributed by atoms with van der Waals surface area (Å²) in [4.78, 5) is 4.34. The lowest BCUT2D eigenvalue weighted by Gasteiger charge is -2.14. The van der Waals surface area contributed by atoms with Crippen LogP contribution in [0.4, 0.5) is 0 Å². The monoisotopic (exact) mass is 236 g/mol. The Labute approximate surface area is 99.3 Å². The van der Waals surface area contributed by atoms with Crippen LogP contribution in [0.15, 0.2) is 30.0 Å². The van der Waals surface area contributed by atoms with Crippen molar-refractivity contribution in [2.45, 2.75) is 25.9 Å². The van der Waals surface area contributed by atoms with E-state index < -0.39 is 0 Å². The second-order valence-corrected chi connectivity index (χ2v) is 4.48. The second-order valence-electron chi connectivity index (χ2n) is 3.55. The average Bonchev–Trinajstić information content (AvgIpc) is 2.96. The number of nitrogens with one attached hydrogen (secondary N) is 1. The lowest BCUT2D eigenvalue weighted by molar-refractivity contribution is 0.475. The molecule has 2 aromatic heterocycles. The quantitative estimate of drug-likeness (QED) is 0.835. The number of thiazole rings is 1. The first-order valence-corrected chi connectivity index (χ1v) is 6.38. The molecule has 2 heterocycles. The van der Waals surface area contributed by atoms with E-state index >= 15 is 0 Å². The molecular formula is C11H16N4S. The van der Waals surface area contributed by atoms with Crippen molar-refractivity contribution in [3.8, 4) is 0 Å². The molecule has 16 heavy (non-hydrogen) atoms. The van der Waals surface area contributed by atoms with E-state index in [1.54, 1.807) is 17.5 Å². The Morgan fingerprint density at radius 1 is 1.50 bits per heavy atom. The Kier molecular flexibility index (Phi) is 4.07. The Balaban J connectivity index is 1.80. The fourth-order valence-corrected chi connectivity index (χ4v) is 2.40. The van der Waals surface area contributed by atoms with Crippen molar-refractivity contribution in [2.24, 2.45) is 0 Å². The van der Waals surface area contributed by atoms with Gasteiger partial charge in [0.15, 0.2) is 0 Å². The van der Waals surface area contributed by atoms with E-state index in [0.717, 1.165) is 19.5 Å². The van der Waals surface area contributed by atoms with E-state index in [2.05, 4.69) is 22.3 Å². The Morgan fingerprint density at radius 3 is 3.06 bits per heavy atom. The van der Waals surface area contributed by atoms with Crippen molar-refractivity contribution < 1.29 is 0 Å². The summed E-state index contributed by atoms with van der Waals surface area (Å²) >= 11 is 1.71. The van der Waals surface area contributed by atoms with Gasteiger partial charge in [0, 0.05) is 30.5 Å². The van der Waals surface area contributed by atoms with Crippen LogP contribution in [0.3, 0.4) is 0 Å². The molecule has 4 nitrogen and oxygen atoms in total.